The van der Waals surface area contributed by atoms with Crippen molar-refractivity contribution < 1.29 is 19.1 Å². The van der Waals surface area contributed by atoms with Crippen LogP contribution < -0.4 is 5.32 Å². The van der Waals surface area contributed by atoms with E-state index in [0.717, 1.165) is 5.56 Å². The molecule has 4 rings (SSSR count). The van der Waals surface area contributed by atoms with Crippen molar-refractivity contribution in [1.82, 2.24) is 10.3 Å². The number of alkyl carbamates (subject to hydrolysis) is 1. The fourth-order valence-electron chi connectivity index (χ4n) is 3.77. The lowest BCUT2D eigenvalue weighted by molar-refractivity contribution is 0.0600. The molecule has 0 radical (unpaired) electrons. The predicted molar refractivity (Wildman–Crippen MR) is 118 cm³/mol. The molecule has 0 spiro atoms. The van der Waals surface area contributed by atoms with Gasteiger partial charge in [0.25, 0.3) is 0 Å². The van der Waals surface area contributed by atoms with Gasteiger partial charge in [-0.3, -0.25) is 4.98 Å². The number of amides is 1. The average Bonchev–Trinajstić information content (AvgIpc) is 3.14. The van der Waals surface area contributed by atoms with Gasteiger partial charge in [-0.15, -0.1) is 0 Å². The smallest absolute Gasteiger partial charge is 0.407 e. The summed E-state index contributed by atoms with van der Waals surface area (Å²) in [5.74, 6) is -0.416. The minimum absolute atomic E-state index is 0.0285. The molecule has 1 amide bonds. The van der Waals surface area contributed by atoms with Crippen LogP contribution in [0.5, 0.6) is 0 Å². The first-order valence-electron chi connectivity index (χ1n) is 9.96. The third-order valence-electron chi connectivity index (χ3n) is 5.20. The fraction of sp³-hybridized carbons (Fsp3) is 0.160. The van der Waals surface area contributed by atoms with Crippen LogP contribution in [0.3, 0.4) is 0 Å². The number of carbonyl (C=O) groups is 2. The first-order chi connectivity index (χ1) is 15.2. The van der Waals surface area contributed by atoms with E-state index in [2.05, 4.69) is 39.3 Å². The summed E-state index contributed by atoms with van der Waals surface area (Å²) in [6, 6.07) is 18.1. The Hall–Kier alpha value is -3.93. The van der Waals surface area contributed by atoms with E-state index in [4.69, 9.17) is 4.74 Å². The largest absolute Gasteiger partial charge is 0.465 e. The molecule has 31 heavy (non-hydrogen) atoms. The summed E-state index contributed by atoms with van der Waals surface area (Å²) >= 11 is 0. The Balaban J connectivity index is 1.31. The molecule has 0 bridgehead atoms. The van der Waals surface area contributed by atoms with E-state index in [0.29, 0.717) is 12.1 Å². The van der Waals surface area contributed by atoms with Crippen LogP contribution in [-0.2, 0) is 9.47 Å². The molecular formula is C25H22N2O4. The second-order valence-electron chi connectivity index (χ2n) is 7.11. The average molecular weight is 414 g/mol. The molecule has 3 aromatic rings. The molecule has 1 aliphatic rings. The summed E-state index contributed by atoms with van der Waals surface area (Å²) < 4.78 is 10.2. The number of hydrogen-bond donors (Lipinski definition) is 1. The van der Waals surface area contributed by atoms with Gasteiger partial charge in [0.15, 0.2) is 0 Å². The van der Waals surface area contributed by atoms with Crippen molar-refractivity contribution in [2.45, 2.75) is 5.92 Å². The number of fused-ring (bicyclic) bond motifs is 3. The number of benzene rings is 2. The molecular weight excluding hydrogens is 392 g/mol. The second kappa shape index (κ2) is 9.26. The number of methoxy groups -OCH3 is 1. The van der Waals surface area contributed by atoms with Gasteiger partial charge in [0, 0.05) is 24.9 Å². The lowest BCUT2D eigenvalue weighted by atomic mass is 9.98. The van der Waals surface area contributed by atoms with E-state index in [-0.39, 0.29) is 12.5 Å². The highest BCUT2D eigenvalue weighted by molar-refractivity contribution is 5.89. The highest BCUT2D eigenvalue weighted by atomic mass is 16.5. The van der Waals surface area contributed by atoms with Gasteiger partial charge in [0.05, 0.1) is 12.7 Å². The standard InChI is InChI=1S/C25H22N2O4/c1-30-24(28)18-13-17(14-26-15-18)7-6-12-27-25(29)31-16-23-21-10-4-2-8-19(21)20-9-3-5-11-22(20)23/h2-11,13-15,23H,12,16H2,1H3,(H,27,29). The van der Waals surface area contributed by atoms with Gasteiger partial charge in [0.2, 0.25) is 0 Å². The number of rotatable bonds is 6. The summed E-state index contributed by atoms with van der Waals surface area (Å²) in [6.07, 6.45) is 6.12. The number of ether oxygens (including phenoxy) is 2. The van der Waals surface area contributed by atoms with Crippen LogP contribution in [0.1, 0.15) is 33.0 Å². The van der Waals surface area contributed by atoms with Gasteiger partial charge in [-0.1, -0.05) is 60.7 Å². The summed E-state index contributed by atoms with van der Waals surface area (Å²) in [7, 11) is 1.32. The van der Waals surface area contributed by atoms with Gasteiger partial charge in [0.1, 0.15) is 6.61 Å². The molecule has 1 N–H and O–H groups in total. The number of aromatic nitrogens is 1. The third kappa shape index (κ3) is 4.48. The number of hydrogen-bond acceptors (Lipinski definition) is 5. The summed E-state index contributed by atoms with van der Waals surface area (Å²) in [5.41, 5.74) is 5.84. The van der Waals surface area contributed by atoms with Crippen LogP contribution in [0.15, 0.2) is 73.1 Å². The molecule has 0 saturated carbocycles. The van der Waals surface area contributed by atoms with E-state index in [1.165, 1.54) is 35.6 Å². The predicted octanol–water partition coefficient (Wildman–Crippen LogP) is 4.42. The summed E-state index contributed by atoms with van der Waals surface area (Å²) in [5, 5.41) is 2.71. The quantitative estimate of drug-likeness (QED) is 0.604. The van der Waals surface area contributed by atoms with Crippen LogP contribution >= 0.6 is 0 Å². The molecule has 0 unspecified atom stereocenters. The van der Waals surface area contributed by atoms with Gasteiger partial charge in [-0.05, 0) is 33.9 Å². The lowest BCUT2D eigenvalue weighted by Crippen LogP contribution is -2.26. The Labute approximate surface area is 180 Å². The van der Waals surface area contributed by atoms with E-state index in [1.807, 2.05) is 24.3 Å². The first kappa shape index (κ1) is 20.3. The van der Waals surface area contributed by atoms with Crippen molar-refractivity contribution in [3.63, 3.8) is 0 Å². The van der Waals surface area contributed by atoms with E-state index in [9.17, 15) is 9.59 Å². The molecule has 0 saturated heterocycles. The van der Waals surface area contributed by atoms with Crippen molar-refractivity contribution in [2.24, 2.45) is 0 Å². The Morgan fingerprint density at radius 1 is 1.03 bits per heavy atom. The highest BCUT2D eigenvalue weighted by Crippen LogP contribution is 2.44. The maximum atomic E-state index is 12.2. The zero-order chi connectivity index (χ0) is 21.6. The fourth-order valence-corrected chi connectivity index (χ4v) is 3.77. The second-order valence-corrected chi connectivity index (χ2v) is 7.11. The minimum atomic E-state index is -0.479. The van der Waals surface area contributed by atoms with E-state index in [1.54, 1.807) is 24.4 Å². The van der Waals surface area contributed by atoms with Gasteiger partial charge in [-0.25, -0.2) is 9.59 Å². The van der Waals surface area contributed by atoms with Crippen LogP contribution in [0.25, 0.3) is 17.2 Å². The van der Waals surface area contributed by atoms with Crippen LogP contribution in [-0.4, -0.2) is 37.3 Å². The van der Waals surface area contributed by atoms with Crippen LogP contribution in [0, 0.1) is 0 Å². The molecule has 156 valence electrons. The van der Waals surface area contributed by atoms with Crippen LogP contribution in [0.4, 0.5) is 4.79 Å². The van der Waals surface area contributed by atoms with E-state index >= 15 is 0 Å². The summed E-state index contributed by atoms with van der Waals surface area (Å²) in [4.78, 5) is 27.8. The molecule has 0 fully saturated rings. The number of esters is 1. The zero-order valence-corrected chi connectivity index (χ0v) is 17.1. The molecule has 1 aromatic heterocycles. The van der Waals surface area contributed by atoms with Crippen molar-refractivity contribution in [2.75, 3.05) is 20.3 Å². The minimum Gasteiger partial charge on any atom is -0.465 e. The molecule has 0 aliphatic heterocycles. The number of carbonyl (C=O) groups excluding carboxylic acids is 2. The Morgan fingerprint density at radius 2 is 1.71 bits per heavy atom. The first-order valence-corrected chi connectivity index (χ1v) is 9.96. The van der Waals surface area contributed by atoms with Gasteiger partial charge < -0.3 is 14.8 Å². The molecule has 6 heteroatoms. The highest BCUT2D eigenvalue weighted by Gasteiger charge is 2.28. The monoisotopic (exact) mass is 414 g/mol. The Kier molecular flexibility index (Phi) is 6.08. The molecule has 0 atom stereocenters. The maximum absolute atomic E-state index is 12.2. The van der Waals surface area contributed by atoms with Gasteiger partial charge in [-0.2, -0.15) is 0 Å². The van der Waals surface area contributed by atoms with Gasteiger partial charge >= 0.3 is 12.1 Å². The zero-order valence-electron chi connectivity index (χ0n) is 17.1. The SMILES string of the molecule is COC(=O)c1cncc(C=CCNC(=O)OCC2c3ccccc3-c3ccccc32)c1. The number of pyridine rings is 1. The third-order valence-corrected chi connectivity index (χ3v) is 5.20. The van der Waals surface area contributed by atoms with Crippen molar-refractivity contribution in [3.05, 3.63) is 95.3 Å². The van der Waals surface area contributed by atoms with Crippen molar-refractivity contribution in [3.8, 4) is 11.1 Å². The van der Waals surface area contributed by atoms with Crippen LogP contribution in [0.2, 0.25) is 0 Å². The Morgan fingerprint density at radius 3 is 2.39 bits per heavy atom. The van der Waals surface area contributed by atoms with E-state index < -0.39 is 12.1 Å². The Bertz CT molecular complexity index is 1090. The number of nitrogens with one attached hydrogen (secondary N) is 1. The maximum Gasteiger partial charge on any atom is 0.407 e. The number of nitrogens with zero attached hydrogens (tertiary/aromatic N) is 1. The summed E-state index contributed by atoms with van der Waals surface area (Å²) in [6.45, 7) is 0.563. The lowest BCUT2D eigenvalue weighted by Gasteiger charge is -2.14. The van der Waals surface area contributed by atoms with Crippen molar-refractivity contribution >= 4 is 18.1 Å². The molecule has 1 aliphatic carbocycles. The molecule has 2 aromatic carbocycles. The topological polar surface area (TPSA) is 77.5 Å². The molecule has 6 nitrogen and oxygen atoms in total. The van der Waals surface area contributed by atoms with Crippen molar-refractivity contribution in [1.29, 1.82) is 0 Å². The molecule has 1 heterocycles. The normalized spacial score (nSPS) is 12.3.